The van der Waals surface area contributed by atoms with Crippen LogP contribution in [0.4, 0.5) is 4.39 Å². The van der Waals surface area contributed by atoms with Gasteiger partial charge in [0.1, 0.15) is 0 Å². The molecule has 2 N–H and O–H groups in total. The number of hydrogen-bond acceptors (Lipinski definition) is 3. The first-order valence-electron chi connectivity index (χ1n) is 6.75. The van der Waals surface area contributed by atoms with E-state index in [1.165, 1.54) is 25.1 Å². The molecule has 0 heterocycles. The lowest BCUT2D eigenvalue weighted by atomic mass is 10.2. The van der Waals surface area contributed by atoms with E-state index >= 15 is 0 Å². The molecule has 23 heavy (non-hydrogen) atoms. The fourth-order valence-corrected chi connectivity index (χ4v) is 2.18. The highest BCUT2D eigenvalue weighted by Gasteiger charge is 2.17. The summed E-state index contributed by atoms with van der Waals surface area (Å²) >= 11 is 3.25. The summed E-state index contributed by atoms with van der Waals surface area (Å²) in [5.41, 5.74) is 4.89. The summed E-state index contributed by atoms with van der Waals surface area (Å²) in [4.78, 5) is 23.8. The number of ether oxygens (including phenoxy) is 1. The number of hydrogen-bond donors (Lipinski definition) is 2. The van der Waals surface area contributed by atoms with E-state index in [-0.39, 0.29) is 5.75 Å². The molecule has 2 aromatic rings. The predicted octanol–water partition coefficient (Wildman–Crippen LogP) is 2.82. The second-order valence-corrected chi connectivity index (χ2v) is 5.47. The lowest BCUT2D eigenvalue weighted by molar-refractivity contribution is -0.128. The number of carbonyl (C=O) groups excluding carboxylic acids is 2. The van der Waals surface area contributed by atoms with Gasteiger partial charge >= 0.3 is 0 Å². The van der Waals surface area contributed by atoms with Crippen LogP contribution in [-0.4, -0.2) is 17.9 Å². The molecule has 5 nitrogen and oxygen atoms in total. The third kappa shape index (κ3) is 4.53. The van der Waals surface area contributed by atoms with E-state index in [0.717, 1.165) is 0 Å². The summed E-state index contributed by atoms with van der Waals surface area (Å²) in [5, 5.41) is 0. The van der Waals surface area contributed by atoms with Crippen molar-refractivity contribution in [3.05, 3.63) is 64.4 Å². The molecule has 0 saturated heterocycles. The van der Waals surface area contributed by atoms with Crippen molar-refractivity contribution in [3.8, 4) is 5.75 Å². The quantitative estimate of drug-likeness (QED) is 0.801. The Morgan fingerprint density at radius 2 is 1.74 bits per heavy atom. The fraction of sp³-hybridized carbons (Fsp3) is 0.125. The van der Waals surface area contributed by atoms with Crippen LogP contribution in [0.1, 0.15) is 17.3 Å². The molecular weight excluding hydrogens is 367 g/mol. The minimum atomic E-state index is -0.980. The van der Waals surface area contributed by atoms with E-state index in [4.69, 9.17) is 4.74 Å². The Morgan fingerprint density at radius 1 is 1.09 bits per heavy atom. The van der Waals surface area contributed by atoms with Crippen molar-refractivity contribution < 1.29 is 18.7 Å². The first-order chi connectivity index (χ1) is 11.0. The lowest BCUT2D eigenvalue weighted by Crippen LogP contribution is -2.47. The normalized spacial score (nSPS) is 11.4. The molecule has 2 rings (SSSR count). The first kappa shape index (κ1) is 17.0. The highest BCUT2D eigenvalue weighted by molar-refractivity contribution is 9.10. The van der Waals surface area contributed by atoms with Crippen LogP contribution in [0.2, 0.25) is 0 Å². The van der Waals surface area contributed by atoms with Gasteiger partial charge in [-0.05, 0) is 47.1 Å². The van der Waals surface area contributed by atoms with E-state index in [0.29, 0.717) is 10.0 Å². The first-order valence-corrected chi connectivity index (χ1v) is 7.54. The number of halogens is 2. The zero-order chi connectivity index (χ0) is 16.8. The molecular formula is C16H14BrFN2O3. The van der Waals surface area contributed by atoms with Crippen LogP contribution in [-0.2, 0) is 4.79 Å². The maximum atomic E-state index is 13.5. The second kappa shape index (κ2) is 7.73. The third-order valence-electron chi connectivity index (χ3n) is 2.93. The van der Waals surface area contributed by atoms with Gasteiger partial charge < -0.3 is 4.74 Å². The van der Waals surface area contributed by atoms with Crippen LogP contribution in [0.15, 0.2) is 53.0 Å². The summed E-state index contributed by atoms with van der Waals surface area (Å²) in [6, 6.07) is 12.5. The molecule has 1 atom stereocenters. The predicted molar refractivity (Wildman–Crippen MR) is 86.2 cm³/mol. The topological polar surface area (TPSA) is 67.4 Å². The van der Waals surface area contributed by atoms with Gasteiger partial charge in [0.25, 0.3) is 11.8 Å². The average molecular weight is 381 g/mol. The zero-order valence-electron chi connectivity index (χ0n) is 12.2. The smallest absolute Gasteiger partial charge is 0.279 e. The molecule has 7 heteroatoms. The molecule has 0 fully saturated rings. The van der Waals surface area contributed by atoms with Gasteiger partial charge in [-0.25, -0.2) is 4.39 Å². The molecule has 120 valence electrons. The van der Waals surface area contributed by atoms with Crippen LogP contribution in [0.5, 0.6) is 5.75 Å². The number of hydrazine groups is 1. The van der Waals surface area contributed by atoms with Crippen LogP contribution in [0, 0.1) is 5.82 Å². The molecule has 0 aliphatic rings. The Hall–Kier alpha value is -2.41. The number of nitrogens with one attached hydrogen (secondary N) is 2. The maximum Gasteiger partial charge on any atom is 0.279 e. The largest absolute Gasteiger partial charge is 0.478 e. The minimum absolute atomic E-state index is 0.0349. The van der Waals surface area contributed by atoms with Crippen molar-refractivity contribution in [1.82, 2.24) is 10.9 Å². The van der Waals surface area contributed by atoms with Crippen molar-refractivity contribution in [1.29, 1.82) is 0 Å². The molecule has 0 radical (unpaired) electrons. The third-order valence-corrected chi connectivity index (χ3v) is 3.62. The monoisotopic (exact) mass is 380 g/mol. The van der Waals surface area contributed by atoms with Gasteiger partial charge in [0.05, 0.1) is 5.56 Å². The minimum Gasteiger partial charge on any atom is -0.478 e. The molecule has 2 amide bonds. The van der Waals surface area contributed by atoms with E-state index < -0.39 is 23.7 Å². The van der Waals surface area contributed by atoms with Crippen molar-refractivity contribution in [2.45, 2.75) is 13.0 Å². The van der Waals surface area contributed by atoms with Crippen molar-refractivity contribution in [3.63, 3.8) is 0 Å². The number of rotatable bonds is 4. The summed E-state index contributed by atoms with van der Waals surface area (Å²) in [7, 11) is 0. The Bertz CT molecular complexity index is 724. The van der Waals surface area contributed by atoms with E-state index in [1.807, 2.05) is 0 Å². The van der Waals surface area contributed by atoms with Gasteiger partial charge in [-0.2, -0.15) is 0 Å². The van der Waals surface area contributed by atoms with Gasteiger partial charge in [0.15, 0.2) is 17.7 Å². The molecule has 0 aromatic heterocycles. The second-order valence-electron chi connectivity index (χ2n) is 4.61. The van der Waals surface area contributed by atoms with Gasteiger partial charge in [-0.3, -0.25) is 20.4 Å². The summed E-state index contributed by atoms with van der Waals surface area (Å²) in [6.45, 7) is 1.45. The van der Waals surface area contributed by atoms with Crippen LogP contribution >= 0.6 is 15.9 Å². The molecule has 0 bridgehead atoms. The highest BCUT2D eigenvalue weighted by Crippen LogP contribution is 2.17. The molecule has 0 unspecified atom stereocenters. The highest BCUT2D eigenvalue weighted by atomic mass is 79.9. The number of carbonyl (C=O) groups is 2. The molecule has 0 saturated carbocycles. The van der Waals surface area contributed by atoms with Crippen molar-refractivity contribution >= 4 is 27.7 Å². The Labute approximate surface area is 140 Å². The van der Waals surface area contributed by atoms with Crippen LogP contribution < -0.4 is 15.6 Å². The van der Waals surface area contributed by atoms with Crippen molar-refractivity contribution in [2.75, 3.05) is 0 Å². The van der Waals surface area contributed by atoms with Gasteiger partial charge in [-0.15, -0.1) is 0 Å². The number of benzene rings is 2. The SMILES string of the molecule is C[C@@H](Oc1ccccc1F)C(=O)NNC(=O)c1ccccc1Br. The van der Waals surface area contributed by atoms with Gasteiger partial charge in [0, 0.05) is 4.47 Å². The van der Waals surface area contributed by atoms with Crippen LogP contribution in [0.3, 0.4) is 0 Å². The fourth-order valence-electron chi connectivity index (χ4n) is 1.72. The summed E-state index contributed by atoms with van der Waals surface area (Å²) in [6.07, 6.45) is -0.980. The lowest BCUT2D eigenvalue weighted by Gasteiger charge is -2.15. The van der Waals surface area contributed by atoms with E-state index in [9.17, 15) is 14.0 Å². The number of amides is 2. The van der Waals surface area contributed by atoms with Gasteiger partial charge in [0.2, 0.25) is 0 Å². The maximum absolute atomic E-state index is 13.5. The van der Waals surface area contributed by atoms with Gasteiger partial charge in [-0.1, -0.05) is 24.3 Å². The molecule has 0 aliphatic carbocycles. The Kier molecular flexibility index (Phi) is 5.70. The molecule has 0 spiro atoms. The summed E-state index contributed by atoms with van der Waals surface area (Å²) in [5.74, 6) is -1.69. The molecule has 0 aliphatic heterocycles. The average Bonchev–Trinajstić information content (AvgIpc) is 2.54. The van der Waals surface area contributed by atoms with E-state index in [2.05, 4.69) is 26.8 Å². The van der Waals surface area contributed by atoms with Crippen LogP contribution in [0.25, 0.3) is 0 Å². The standard InChI is InChI=1S/C16H14BrFN2O3/c1-10(23-14-9-5-4-8-13(14)18)15(21)19-20-16(22)11-6-2-3-7-12(11)17/h2-10H,1H3,(H,19,21)(H,20,22)/t10-/m1/s1. The Balaban J connectivity index is 1.91. The summed E-state index contributed by atoms with van der Waals surface area (Å²) < 4.78 is 19.3. The van der Waals surface area contributed by atoms with Crippen molar-refractivity contribution in [2.24, 2.45) is 0 Å². The van der Waals surface area contributed by atoms with E-state index in [1.54, 1.807) is 30.3 Å². The Morgan fingerprint density at radius 3 is 2.43 bits per heavy atom. The molecule has 2 aromatic carbocycles. The zero-order valence-corrected chi connectivity index (χ0v) is 13.8. The number of para-hydroxylation sites is 1.